The fraction of sp³-hybridized carbons (Fsp3) is 0.321. The van der Waals surface area contributed by atoms with Crippen LogP contribution < -0.4 is 20.1 Å². The Morgan fingerprint density at radius 2 is 1.45 bits per heavy atom. The summed E-state index contributed by atoms with van der Waals surface area (Å²) in [6.07, 6.45) is 5.51. The lowest BCUT2D eigenvalue weighted by molar-refractivity contribution is -0.114. The van der Waals surface area contributed by atoms with Crippen molar-refractivity contribution in [1.29, 1.82) is 0 Å². The van der Waals surface area contributed by atoms with E-state index in [1.807, 2.05) is 66.7 Å². The quantitative estimate of drug-likeness (QED) is 0.285. The largest absolute Gasteiger partial charge is 0.494 e. The fourth-order valence-electron chi connectivity index (χ4n) is 3.40. The summed E-state index contributed by atoms with van der Waals surface area (Å²) < 4.78 is 11.7. The molecule has 5 heteroatoms. The van der Waals surface area contributed by atoms with Crippen LogP contribution in [0.5, 0.6) is 11.5 Å². The van der Waals surface area contributed by atoms with E-state index in [0.717, 1.165) is 35.7 Å². The molecule has 0 heterocycles. The van der Waals surface area contributed by atoms with Crippen LogP contribution in [0.3, 0.4) is 0 Å². The van der Waals surface area contributed by atoms with Gasteiger partial charge in [-0.25, -0.2) is 0 Å². The summed E-state index contributed by atoms with van der Waals surface area (Å²) >= 11 is 0. The van der Waals surface area contributed by atoms with Crippen LogP contribution in [0.2, 0.25) is 0 Å². The Morgan fingerprint density at radius 1 is 0.758 bits per heavy atom. The number of anilines is 2. The molecule has 0 aliphatic heterocycles. The molecule has 5 nitrogen and oxygen atoms in total. The molecule has 3 rings (SSSR count). The number of unbranched alkanes of at least 4 members (excludes halogenated alkanes) is 3. The lowest BCUT2D eigenvalue weighted by atomic mass is 10.2. The first-order chi connectivity index (χ1) is 16.2. The van der Waals surface area contributed by atoms with E-state index in [4.69, 9.17) is 9.47 Å². The third kappa shape index (κ3) is 9.27. The van der Waals surface area contributed by atoms with E-state index in [9.17, 15) is 4.79 Å². The van der Waals surface area contributed by atoms with Gasteiger partial charge in [0, 0.05) is 29.9 Å². The summed E-state index contributed by atoms with van der Waals surface area (Å²) in [5, 5.41) is 6.08. The van der Waals surface area contributed by atoms with Gasteiger partial charge in [0.2, 0.25) is 5.91 Å². The van der Waals surface area contributed by atoms with Crippen molar-refractivity contribution in [1.82, 2.24) is 0 Å². The molecule has 0 radical (unpaired) electrons. The van der Waals surface area contributed by atoms with Gasteiger partial charge >= 0.3 is 0 Å². The van der Waals surface area contributed by atoms with Crippen LogP contribution in [0.1, 0.15) is 38.2 Å². The van der Waals surface area contributed by atoms with Crippen molar-refractivity contribution in [3.05, 3.63) is 84.4 Å². The normalized spacial score (nSPS) is 10.5. The second-order valence-corrected chi connectivity index (χ2v) is 7.95. The SMILES string of the molecule is CCCCCCOc1cccc(NC(=O)CNc2cccc(OCCc3ccccc3)c2)c1. The number of ether oxygens (including phenoxy) is 2. The number of hydrogen-bond donors (Lipinski definition) is 2. The molecule has 0 fully saturated rings. The predicted molar refractivity (Wildman–Crippen MR) is 135 cm³/mol. The van der Waals surface area contributed by atoms with Gasteiger partial charge in [-0.05, 0) is 36.2 Å². The molecule has 0 aliphatic carbocycles. The maximum atomic E-state index is 12.4. The molecule has 0 unspecified atom stereocenters. The Labute approximate surface area is 197 Å². The summed E-state index contributed by atoms with van der Waals surface area (Å²) in [6, 6.07) is 25.4. The number of nitrogens with one attached hydrogen (secondary N) is 2. The Balaban J connectivity index is 1.40. The van der Waals surface area contributed by atoms with Crippen molar-refractivity contribution in [2.45, 2.75) is 39.0 Å². The number of carbonyl (C=O) groups is 1. The molecule has 174 valence electrons. The van der Waals surface area contributed by atoms with E-state index in [0.29, 0.717) is 13.2 Å². The molecule has 3 aromatic carbocycles. The Bertz CT molecular complexity index is 976. The first-order valence-corrected chi connectivity index (χ1v) is 11.8. The Morgan fingerprint density at radius 3 is 2.21 bits per heavy atom. The first kappa shape index (κ1) is 24.2. The summed E-state index contributed by atoms with van der Waals surface area (Å²) in [7, 11) is 0. The average Bonchev–Trinajstić information content (AvgIpc) is 2.84. The molecule has 0 spiro atoms. The Hall–Kier alpha value is -3.47. The van der Waals surface area contributed by atoms with Gasteiger partial charge < -0.3 is 20.1 Å². The number of rotatable bonds is 14. The second-order valence-electron chi connectivity index (χ2n) is 7.95. The highest BCUT2D eigenvalue weighted by atomic mass is 16.5. The Kier molecular flexibility index (Phi) is 10.1. The molecule has 0 saturated heterocycles. The molecule has 0 saturated carbocycles. The summed E-state index contributed by atoms with van der Waals surface area (Å²) in [4.78, 5) is 12.4. The van der Waals surface area contributed by atoms with Crippen LogP contribution in [-0.2, 0) is 11.2 Å². The minimum absolute atomic E-state index is 0.120. The van der Waals surface area contributed by atoms with Gasteiger partial charge in [-0.2, -0.15) is 0 Å². The molecule has 0 bridgehead atoms. The van der Waals surface area contributed by atoms with Crippen molar-refractivity contribution in [3.8, 4) is 11.5 Å². The van der Waals surface area contributed by atoms with Gasteiger partial charge in [0.15, 0.2) is 0 Å². The zero-order valence-corrected chi connectivity index (χ0v) is 19.4. The molecular formula is C28H34N2O3. The number of amides is 1. The van der Waals surface area contributed by atoms with Crippen molar-refractivity contribution >= 4 is 17.3 Å². The maximum absolute atomic E-state index is 12.4. The minimum Gasteiger partial charge on any atom is -0.494 e. The smallest absolute Gasteiger partial charge is 0.243 e. The minimum atomic E-state index is -0.120. The van der Waals surface area contributed by atoms with Crippen molar-refractivity contribution in [3.63, 3.8) is 0 Å². The van der Waals surface area contributed by atoms with Crippen LogP contribution in [-0.4, -0.2) is 25.7 Å². The lowest BCUT2D eigenvalue weighted by Crippen LogP contribution is -2.21. The third-order valence-electron chi connectivity index (χ3n) is 5.17. The van der Waals surface area contributed by atoms with Gasteiger partial charge in [0.1, 0.15) is 11.5 Å². The summed E-state index contributed by atoms with van der Waals surface area (Å²) in [5.41, 5.74) is 2.81. The van der Waals surface area contributed by atoms with Crippen LogP contribution in [0.25, 0.3) is 0 Å². The predicted octanol–water partition coefficient (Wildman–Crippen LogP) is 6.32. The van der Waals surface area contributed by atoms with E-state index in [1.165, 1.54) is 24.8 Å². The number of carbonyl (C=O) groups excluding carboxylic acids is 1. The van der Waals surface area contributed by atoms with E-state index in [1.54, 1.807) is 0 Å². The highest BCUT2D eigenvalue weighted by molar-refractivity contribution is 5.93. The number of benzene rings is 3. The van der Waals surface area contributed by atoms with Crippen LogP contribution >= 0.6 is 0 Å². The fourth-order valence-corrected chi connectivity index (χ4v) is 3.40. The third-order valence-corrected chi connectivity index (χ3v) is 5.17. The highest BCUT2D eigenvalue weighted by Gasteiger charge is 2.05. The monoisotopic (exact) mass is 446 g/mol. The van der Waals surface area contributed by atoms with Crippen LogP contribution in [0.15, 0.2) is 78.9 Å². The zero-order chi connectivity index (χ0) is 23.1. The van der Waals surface area contributed by atoms with Gasteiger partial charge in [-0.3, -0.25) is 4.79 Å². The first-order valence-electron chi connectivity index (χ1n) is 11.8. The highest BCUT2D eigenvalue weighted by Crippen LogP contribution is 2.19. The molecule has 1 amide bonds. The number of hydrogen-bond acceptors (Lipinski definition) is 4. The van der Waals surface area contributed by atoms with E-state index in [2.05, 4.69) is 29.7 Å². The van der Waals surface area contributed by atoms with E-state index >= 15 is 0 Å². The molecule has 0 atom stereocenters. The van der Waals surface area contributed by atoms with E-state index in [-0.39, 0.29) is 12.5 Å². The second kappa shape index (κ2) is 13.8. The standard InChI is InChI=1S/C28H34N2O3/c1-2-3-4-8-18-32-27-16-10-14-25(21-27)30-28(31)22-29-24-13-9-15-26(20-24)33-19-17-23-11-6-5-7-12-23/h5-7,9-16,20-21,29H,2-4,8,17-19,22H2,1H3,(H,30,31). The molecule has 0 aromatic heterocycles. The molecule has 33 heavy (non-hydrogen) atoms. The molecule has 0 aliphatic rings. The van der Waals surface area contributed by atoms with Gasteiger partial charge in [0.25, 0.3) is 0 Å². The lowest BCUT2D eigenvalue weighted by Gasteiger charge is -2.11. The zero-order valence-electron chi connectivity index (χ0n) is 19.4. The van der Waals surface area contributed by atoms with Gasteiger partial charge in [-0.1, -0.05) is 68.7 Å². The van der Waals surface area contributed by atoms with E-state index < -0.39 is 0 Å². The van der Waals surface area contributed by atoms with Crippen molar-refractivity contribution in [2.24, 2.45) is 0 Å². The van der Waals surface area contributed by atoms with Crippen LogP contribution in [0.4, 0.5) is 11.4 Å². The summed E-state index contributed by atoms with van der Waals surface area (Å²) in [6.45, 7) is 3.66. The van der Waals surface area contributed by atoms with Gasteiger partial charge in [0.05, 0.1) is 19.8 Å². The maximum Gasteiger partial charge on any atom is 0.243 e. The summed E-state index contributed by atoms with van der Waals surface area (Å²) in [5.74, 6) is 1.43. The van der Waals surface area contributed by atoms with Crippen molar-refractivity contribution < 1.29 is 14.3 Å². The van der Waals surface area contributed by atoms with Crippen LogP contribution in [0, 0.1) is 0 Å². The molecule has 2 N–H and O–H groups in total. The topological polar surface area (TPSA) is 59.6 Å². The van der Waals surface area contributed by atoms with Crippen molar-refractivity contribution in [2.75, 3.05) is 30.4 Å². The molecule has 3 aromatic rings. The van der Waals surface area contributed by atoms with Gasteiger partial charge in [-0.15, -0.1) is 0 Å². The average molecular weight is 447 g/mol. The molecular weight excluding hydrogens is 412 g/mol.